The van der Waals surface area contributed by atoms with Crippen molar-refractivity contribution in [3.05, 3.63) is 35.4 Å². The van der Waals surface area contributed by atoms with E-state index in [0.717, 1.165) is 12.8 Å². The lowest BCUT2D eigenvalue weighted by molar-refractivity contribution is -0.155. The molecule has 1 aliphatic carbocycles. The highest BCUT2D eigenvalue weighted by molar-refractivity contribution is 5.84. The van der Waals surface area contributed by atoms with Crippen molar-refractivity contribution in [1.29, 1.82) is 0 Å². The quantitative estimate of drug-likeness (QED) is 0.801. The van der Waals surface area contributed by atoms with Crippen LogP contribution < -0.4 is 0 Å². The van der Waals surface area contributed by atoms with Crippen molar-refractivity contribution in [2.45, 2.75) is 64.2 Å². The summed E-state index contributed by atoms with van der Waals surface area (Å²) >= 11 is 0. The number of amides is 2. The Labute approximate surface area is 161 Å². The predicted octanol–water partition coefficient (Wildman–Crippen LogP) is 2.90. The number of hydrogen-bond acceptors (Lipinski definition) is 3. The molecule has 146 valence electrons. The second-order valence-corrected chi connectivity index (χ2v) is 8.32. The van der Waals surface area contributed by atoms with Gasteiger partial charge in [-0.2, -0.15) is 0 Å². The van der Waals surface area contributed by atoms with Crippen LogP contribution in [0.25, 0.3) is 0 Å². The molecule has 0 radical (unpaired) electrons. The molecule has 1 unspecified atom stereocenters. The minimum absolute atomic E-state index is 0.0272. The molecule has 1 atom stereocenters. The van der Waals surface area contributed by atoms with E-state index in [1.807, 2.05) is 21.9 Å². The third-order valence-corrected chi connectivity index (χ3v) is 6.45. The van der Waals surface area contributed by atoms with Crippen LogP contribution in [-0.2, 0) is 20.9 Å². The highest BCUT2D eigenvalue weighted by atomic mass is 16.5. The van der Waals surface area contributed by atoms with E-state index < -0.39 is 0 Å². The highest BCUT2D eigenvalue weighted by Crippen LogP contribution is 2.30. The summed E-state index contributed by atoms with van der Waals surface area (Å²) in [4.78, 5) is 29.1. The van der Waals surface area contributed by atoms with Crippen LogP contribution >= 0.6 is 0 Å². The maximum Gasteiger partial charge on any atom is 0.227 e. The second kappa shape index (κ2) is 8.01. The van der Waals surface area contributed by atoms with Crippen LogP contribution in [-0.4, -0.2) is 53.4 Å². The van der Waals surface area contributed by atoms with Crippen LogP contribution in [0.15, 0.2) is 24.3 Å². The van der Waals surface area contributed by atoms with E-state index >= 15 is 0 Å². The highest BCUT2D eigenvalue weighted by Gasteiger charge is 2.40. The van der Waals surface area contributed by atoms with Gasteiger partial charge in [0.25, 0.3) is 0 Å². The molecule has 4 rings (SSSR count). The van der Waals surface area contributed by atoms with Crippen LogP contribution in [0.2, 0.25) is 0 Å². The molecular weight excluding hydrogens is 340 g/mol. The van der Waals surface area contributed by atoms with Crippen LogP contribution in [0.3, 0.4) is 0 Å². The maximum atomic E-state index is 12.9. The fourth-order valence-corrected chi connectivity index (χ4v) is 4.60. The lowest BCUT2D eigenvalue weighted by Crippen LogP contribution is -2.58. The van der Waals surface area contributed by atoms with Crippen molar-refractivity contribution in [2.75, 3.05) is 19.6 Å². The van der Waals surface area contributed by atoms with Gasteiger partial charge in [-0.25, -0.2) is 0 Å². The molecule has 5 heteroatoms. The van der Waals surface area contributed by atoms with Crippen LogP contribution in [0, 0.1) is 12.8 Å². The number of nitrogens with zero attached hydrogens (tertiary/aromatic N) is 2. The standard InChI is InChI=1S/C22H30N2O3/c1-16-6-2-3-7-18(16)15-27-20-13-23(14-20)22(26)17-10-11-21(25)24(12-17)19-8-4-5-9-19/h2-3,6-7,17,19-20H,4-5,8-15H2,1H3. The third-order valence-electron chi connectivity index (χ3n) is 6.45. The van der Waals surface area contributed by atoms with E-state index in [-0.39, 0.29) is 23.8 Å². The molecule has 2 heterocycles. The van der Waals surface area contributed by atoms with Crippen LogP contribution in [0.4, 0.5) is 0 Å². The maximum absolute atomic E-state index is 12.9. The van der Waals surface area contributed by atoms with E-state index in [0.29, 0.717) is 45.1 Å². The summed E-state index contributed by atoms with van der Waals surface area (Å²) in [6, 6.07) is 8.62. The van der Waals surface area contributed by atoms with E-state index in [1.165, 1.54) is 24.0 Å². The summed E-state index contributed by atoms with van der Waals surface area (Å²) < 4.78 is 5.97. The van der Waals surface area contributed by atoms with Gasteiger partial charge in [0, 0.05) is 32.1 Å². The van der Waals surface area contributed by atoms with E-state index in [2.05, 4.69) is 19.1 Å². The van der Waals surface area contributed by atoms with E-state index in [9.17, 15) is 9.59 Å². The number of likely N-dealkylation sites (tertiary alicyclic amines) is 2. The normalized spacial score (nSPS) is 24.3. The first-order valence-corrected chi connectivity index (χ1v) is 10.4. The Hall–Kier alpha value is -1.88. The summed E-state index contributed by atoms with van der Waals surface area (Å²) in [6.07, 6.45) is 5.97. The molecular formula is C22H30N2O3. The number of carbonyl (C=O) groups excluding carboxylic acids is 2. The second-order valence-electron chi connectivity index (χ2n) is 8.32. The molecule has 27 heavy (non-hydrogen) atoms. The van der Waals surface area contributed by atoms with Crippen LogP contribution in [0.1, 0.15) is 49.7 Å². The van der Waals surface area contributed by atoms with E-state index in [4.69, 9.17) is 4.74 Å². The van der Waals surface area contributed by atoms with Gasteiger partial charge in [-0.05, 0) is 37.3 Å². The SMILES string of the molecule is Cc1ccccc1COC1CN(C(=O)C2CCC(=O)N(C3CCCC3)C2)C1. The average Bonchev–Trinajstić information content (AvgIpc) is 3.16. The Kier molecular flexibility index (Phi) is 5.48. The summed E-state index contributed by atoms with van der Waals surface area (Å²) in [6.45, 7) is 4.67. The minimum atomic E-state index is -0.0272. The zero-order valence-corrected chi connectivity index (χ0v) is 16.2. The monoisotopic (exact) mass is 370 g/mol. The smallest absolute Gasteiger partial charge is 0.227 e. The number of ether oxygens (including phenoxy) is 1. The lowest BCUT2D eigenvalue weighted by atomic mass is 9.93. The fourth-order valence-electron chi connectivity index (χ4n) is 4.60. The van der Waals surface area contributed by atoms with Gasteiger partial charge in [0.05, 0.1) is 18.6 Å². The Morgan fingerprint density at radius 2 is 1.85 bits per heavy atom. The molecule has 3 fully saturated rings. The van der Waals surface area contributed by atoms with Gasteiger partial charge in [-0.15, -0.1) is 0 Å². The minimum Gasteiger partial charge on any atom is -0.370 e. The summed E-state index contributed by atoms with van der Waals surface area (Å²) in [7, 11) is 0. The van der Waals surface area contributed by atoms with Gasteiger partial charge >= 0.3 is 0 Å². The summed E-state index contributed by atoms with van der Waals surface area (Å²) in [5.74, 6) is 0.427. The van der Waals surface area contributed by atoms with Crippen molar-refractivity contribution >= 4 is 11.8 Å². The van der Waals surface area contributed by atoms with Crippen molar-refractivity contribution in [1.82, 2.24) is 9.80 Å². The van der Waals surface area contributed by atoms with Crippen molar-refractivity contribution < 1.29 is 14.3 Å². The number of carbonyl (C=O) groups is 2. The summed E-state index contributed by atoms with van der Waals surface area (Å²) in [5, 5.41) is 0. The molecule has 2 aliphatic heterocycles. The van der Waals surface area contributed by atoms with Crippen molar-refractivity contribution in [3.63, 3.8) is 0 Å². The molecule has 0 bridgehead atoms. The van der Waals surface area contributed by atoms with Gasteiger partial charge in [0.15, 0.2) is 0 Å². The van der Waals surface area contributed by atoms with Gasteiger partial charge in [0.1, 0.15) is 0 Å². The Morgan fingerprint density at radius 1 is 1.11 bits per heavy atom. The molecule has 2 saturated heterocycles. The Bertz CT molecular complexity index is 693. The lowest BCUT2D eigenvalue weighted by Gasteiger charge is -2.43. The number of rotatable bonds is 5. The molecule has 0 N–H and O–H groups in total. The average molecular weight is 370 g/mol. The Balaban J connectivity index is 1.25. The zero-order chi connectivity index (χ0) is 18.8. The number of benzene rings is 1. The number of piperidine rings is 1. The molecule has 5 nitrogen and oxygen atoms in total. The largest absolute Gasteiger partial charge is 0.370 e. The molecule has 1 aromatic rings. The number of hydrogen-bond donors (Lipinski definition) is 0. The fraction of sp³-hybridized carbons (Fsp3) is 0.636. The molecule has 1 aromatic carbocycles. The topological polar surface area (TPSA) is 49.9 Å². The van der Waals surface area contributed by atoms with Gasteiger partial charge < -0.3 is 14.5 Å². The van der Waals surface area contributed by atoms with Gasteiger partial charge in [-0.3, -0.25) is 9.59 Å². The first kappa shape index (κ1) is 18.5. The first-order chi connectivity index (χ1) is 13.1. The molecule has 2 amide bonds. The predicted molar refractivity (Wildman–Crippen MR) is 103 cm³/mol. The molecule has 0 aromatic heterocycles. The van der Waals surface area contributed by atoms with Crippen molar-refractivity contribution in [2.24, 2.45) is 5.92 Å². The zero-order valence-electron chi connectivity index (χ0n) is 16.2. The molecule has 1 saturated carbocycles. The number of aryl methyl sites for hydroxylation is 1. The molecule has 0 spiro atoms. The summed E-state index contributed by atoms with van der Waals surface area (Å²) in [5.41, 5.74) is 2.45. The Morgan fingerprint density at radius 3 is 2.59 bits per heavy atom. The third kappa shape index (κ3) is 4.03. The first-order valence-electron chi connectivity index (χ1n) is 10.4. The molecule has 3 aliphatic rings. The van der Waals surface area contributed by atoms with Crippen molar-refractivity contribution in [3.8, 4) is 0 Å². The van der Waals surface area contributed by atoms with E-state index in [1.54, 1.807) is 0 Å². The van der Waals surface area contributed by atoms with Gasteiger partial charge in [0.2, 0.25) is 11.8 Å². The van der Waals surface area contributed by atoms with Gasteiger partial charge in [-0.1, -0.05) is 37.1 Å². The van der Waals surface area contributed by atoms with Crippen LogP contribution in [0.5, 0.6) is 0 Å².